The van der Waals surface area contributed by atoms with E-state index in [1.54, 1.807) is 28.4 Å². The number of nitrogens with two attached hydrogens (primary N) is 1. The van der Waals surface area contributed by atoms with Gasteiger partial charge in [0.15, 0.2) is 0 Å². The normalized spacial score (nSPS) is 10.5. The van der Waals surface area contributed by atoms with E-state index in [1.165, 1.54) is 0 Å². The number of anilines is 1. The number of amides is 1. The Bertz CT molecular complexity index is 609. The highest BCUT2D eigenvalue weighted by molar-refractivity contribution is 9.10. The van der Waals surface area contributed by atoms with Gasteiger partial charge in [-0.1, -0.05) is 0 Å². The molecule has 2 rings (SSSR count). The number of nitrogens with zero attached hydrogens (tertiary/aromatic N) is 1. The quantitative estimate of drug-likeness (QED) is 0.868. The van der Waals surface area contributed by atoms with Gasteiger partial charge in [-0.05, 0) is 52.7 Å². The predicted molar refractivity (Wildman–Crippen MR) is 83.4 cm³/mol. The van der Waals surface area contributed by atoms with Crippen LogP contribution in [-0.2, 0) is 6.54 Å². The van der Waals surface area contributed by atoms with Gasteiger partial charge in [-0.3, -0.25) is 4.79 Å². The number of benzene rings is 1. The number of carbonyl (C=O) groups excluding carboxylic acids is 1. The number of hydrogen-bond donors (Lipinski definition) is 1. The van der Waals surface area contributed by atoms with Crippen molar-refractivity contribution in [3.8, 4) is 0 Å². The van der Waals surface area contributed by atoms with E-state index in [0.717, 1.165) is 14.9 Å². The fourth-order valence-corrected chi connectivity index (χ4v) is 3.27. The van der Waals surface area contributed by atoms with Crippen LogP contribution in [0.15, 0.2) is 34.1 Å². The van der Waals surface area contributed by atoms with Gasteiger partial charge in [0, 0.05) is 33.0 Å². The average molecular weight is 339 g/mol. The fraction of sp³-hybridized carbons (Fsp3) is 0.214. The highest BCUT2D eigenvalue weighted by atomic mass is 79.9. The lowest BCUT2D eigenvalue weighted by molar-refractivity contribution is 0.0786. The van der Waals surface area contributed by atoms with Crippen LogP contribution in [-0.4, -0.2) is 17.9 Å². The maximum Gasteiger partial charge on any atom is 0.253 e. The summed E-state index contributed by atoms with van der Waals surface area (Å²) in [5, 5.41) is 2.01. The lowest BCUT2D eigenvalue weighted by atomic mass is 10.1. The number of thiophene rings is 1. The third kappa shape index (κ3) is 3.36. The summed E-state index contributed by atoms with van der Waals surface area (Å²) in [5.74, 6) is 0.00706. The first-order chi connectivity index (χ1) is 8.97. The maximum atomic E-state index is 12.3. The van der Waals surface area contributed by atoms with Gasteiger partial charge in [0.2, 0.25) is 0 Å². The van der Waals surface area contributed by atoms with Crippen molar-refractivity contribution < 1.29 is 4.79 Å². The number of aryl methyl sites for hydroxylation is 1. The summed E-state index contributed by atoms with van der Waals surface area (Å²) < 4.78 is 1.05. The van der Waals surface area contributed by atoms with Gasteiger partial charge in [0.25, 0.3) is 5.91 Å². The van der Waals surface area contributed by atoms with Crippen LogP contribution in [0.1, 0.15) is 20.8 Å². The molecule has 0 fully saturated rings. The molecule has 0 aliphatic rings. The van der Waals surface area contributed by atoms with Crippen LogP contribution >= 0.6 is 27.3 Å². The number of carbonyl (C=O) groups is 1. The lowest BCUT2D eigenvalue weighted by Gasteiger charge is -2.16. The molecular weight excluding hydrogens is 324 g/mol. The molecule has 19 heavy (non-hydrogen) atoms. The molecular formula is C14H15BrN2OS. The standard InChI is InChI=1S/C14H15BrN2OS/c1-9-5-10(3-4-13(9)16)14(18)17(2)7-12-6-11(15)8-19-12/h3-6,8H,7,16H2,1-2H3. The fourth-order valence-electron chi connectivity index (χ4n) is 1.77. The molecule has 1 aromatic carbocycles. The van der Waals surface area contributed by atoms with Crippen LogP contribution in [0, 0.1) is 6.92 Å². The molecule has 1 aromatic heterocycles. The molecule has 3 nitrogen and oxygen atoms in total. The van der Waals surface area contributed by atoms with Crippen molar-refractivity contribution in [2.24, 2.45) is 0 Å². The molecule has 0 unspecified atom stereocenters. The summed E-state index contributed by atoms with van der Waals surface area (Å²) >= 11 is 5.05. The highest BCUT2D eigenvalue weighted by Crippen LogP contribution is 2.21. The van der Waals surface area contributed by atoms with E-state index in [4.69, 9.17) is 5.73 Å². The van der Waals surface area contributed by atoms with Crippen molar-refractivity contribution in [2.45, 2.75) is 13.5 Å². The van der Waals surface area contributed by atoms with E-state index in [-0.39, 0.29) is 5.91 Å². The van der Waals surface area contributed by atoms with E-state index in [2.05, 4.69) is 15.9 Å². The third-order valence-electron chi connectivity index (χ3n) is 2.88. The van der Waals surface area contributed by atoms with Gasteiger partial charge >= 0.3 is 0 Å². The molecule has 0 bridgehead atoms. The number of rotatable bonds is 3. The second-order valence-corrected chi connectivity index (χ2v) is 6.38. The average Bonchev–Trinajstić information content (AvgIpc) is 2.77. The van der Waals surface area contributed by atoms with E-state index >= 15 is 0 Å². The summed E-state index contributed by atoms with van der Waals surface area (Å²) in [5.41, 5.74) is 8.07. The zero-order valence-corrected chi connectivity index (χ0v) is 13.2. The zero-order chi connectivity index (χ0) is 14.0. The van der Waals surface area contributed by atoms with Gasteiger partial charge in [0.05, 0.1) is 6.54 Å². The van der Waals surface area contributed by atoms with Gasteiger partial charge in [0.1, 0.15) is 0 Å². The van der Waals surface area contributed by atoms with Crippen molar-refractivity contribution in [3.63, 3.8) is 0 Å². The molecule has 5 heteroatoms. The first kappa shape index (κ1) is 14.1. The smallest absolute Gasteiger partial charge is 0.253 e. The summed E-state index contributed by atoms with van der Waals surface area (Å²) in [6, 6.07) is 7.41. The molecule has 0 aliphatic carbocycles. The molecule has 2 N–H and O–H groups in total. The largest absolute Gasteiger partial charge is 0.399 e. The maximum absolute atomic E-state index is 12.3. The molecule has 0 saturated heterocycles. The zero-order valence-electron chi connectivity index (χ0n) is 10.8. The third-order valence-corrected chi connectivity index (χ3v) is 4.56. The van der Waals surface area contributed by atoms with Crippen LogP contribution in [0.4, 0.5) is 5.69 Å². The van der Waals surface area contributed by atoms with Crippen molar-refractivity contribution in [1.82, 2.24) is 4.90 Å². The molecule has 0 aliphatic heterocycles. The Morgan fingerprint density at radius 2 is 2.16 bits per heavy atom. The molecule has 2 aromatic rings. The molecule has 0 atom stereocenters. The summed E-state index contributed by atoms with van der Waals surface area (Å²) in [6.07, 6.45) is 0. The SMILES string of the molecule is Cc1cc(C(=O)N(C)Cc2cc(Br)cs2)ccc1N. The highest BCUT2D eigenvalue weighted by Gasteiger charge is 2.13. The van der Waals surface area contributed by atoms with Crippen LogP contribution in [0.2, 0.25) is 0 Å². The second-order valence-electron chi connectivity index (χ2n) is 4.46. The van der Waals surface area contributed by atoms with Crippen molar-refractivity contribution >= 4 is 38.9 Å². The van der Waals surface area contributed by atoms with Crippen LogP contribution in [0.25, 0.3) is 0 Å². The van der Waals surface area contributed by atoms with Gasteiger partial charge in [-0.2, -0.15) is 0 Å². The van der Waals surface area contributed by atoms with Crippen LogP contribution < -0.4 is 5.73 Å². The van der Waals surface area contributed by atoms with Crippen molar-refractivity contribution in [3.05, 3.63) is 50.1 Å². The van der Waals surface area contributed by atoms with Gasteiger partial charge < -0.3 is 10.6 Å². The lowest BCUT2D eigenvalue weighted by Crippen LogP contribution is -2.25. The molecule has 100 valence electrons. The summed E-state index contributed by atoms with van der Waals surface area (Å²) in [6.45, 7) is 2.51. The predicted octanol–water partition coefficient (Wildman–Crippen LogP) is 3.67. The molecule has 0 saturated carbocycles. The number of hydrogen-bond acceptors (Lipinski definition) is 3. The van der Waals surface area contributed by atoms with Crippen molar-refractivity contribution in [1.29, 1.82) is 0 Å². The molecule has 1 heterocycles. The Kier molecular flexibility index (Phi) is 4.27. The molecule has 1 amide bonds. The Morgan fingerprint density at radius 1 is 1.42 bits per heavy atom. The van der Waals surface area contributed by atoms with Crippen LogP contribution in [0.3, 0.4) is 0 Å². The van der Waals surface area contributed by atoms with E-state index < -0.39 is 0 Å². The van der Waals surface area contributed by atoms with E-state index in [9.17, 15) is 4.79 Å². The monoisotopic (exact) mass is 338 g/mol. The number of halogens is 1. The minimum Gasteiger partial charge on any atom is -0.399 e. The van der Waals surface area contributed by atoms with E-state index in [0.29, 0.717) is 17.8 Å². The Labute approximate surface area is 125 Å². The van der Waals surface area contributed by atoms with Crippen molar-refractivity contribution in [2.75, 3.05) is 12.8 Å². The molecule has 0 spiro atoms. The topological polar surface area (TPSA) is 46.3 Å². The first-order valence-corrected chi connectivity index (χ1v) is 7.49. The minimum absolute atomic E-state index is 0.00706. The van der Waals surface area contributed by atoms with Crippen LogP contribution in [0.5, 0.6) is 0 Å². The summed E-state index contributed by atoms with van der Waals surface area (Å²) in [7, 11) is 1.81. The van der Waals surface area contributed by atoms with E-state index in [1.807, 2.05) is 31.5 Å². The number of nitrogen functional groups attached to an aromatic ring is 1. The van der Waals surface area contributed by atoms with Gasteiger partial charge in [-0.15, -0.1) is 11.3 Å². The Hall–Kier alpha value is -1.33. The Morgan fingerprint density at radius 3 is 2.74 bits per heavy atom. The Balaban J connectivity index is 2.12. The first-order valence-electron chi connectivity index (χ1n) is 5.82. The summed E-state index contributed by atoms with van der Waals surface area (Å²) in [4.78, 5) is 15.2. The molecule has 0 radical (unpaired) electrons. The second kappa shape index (κ2) is 5.75. The minimum atomic E-state index is 0.00706. The van der Waals surface area contributed by atoms with Gasteiger partial charge in [-0.25, -0.2) is 0 Å².